The van der Waals surface area contributed by atoms with Crippen LogP contribution in [0.25, 0.3) is 34.0 Å². The zero-order valence-corrected chi connectivity index (χ0v) is 12.8. The summed E-state index contributed by atoms with van der Waals surface area (Å²) in [5, 5.41) is 3.35. The lowest BCUT2D eigenvalue weighted by Crippen LogP contribution is -1.95. The zero-order valence-electron chi connectivity index (χ0n) is 12.8. The lowest BCUT2D eigenvalue weighted by molar-refractivity contribution is 1.22. The van der Waals surface area contributed by atoms with Crippen molar-refractivity contribution >= 4 is 11.5 Å². The van der Waals surface area contributed by atoms with E-state index in [-0.39, 0.29) is 0 Å². The number of imidazole rings is 2. The van der Waals surface area contributed by atoms with Gasteiger partial charge in [-0.2, -0.15) is 0 Å². The largest absolute Gasteiger partial charge is 0.348 e. The first kappa shape index (κ1) is 13.0. The predicted molar refractivity (Wildman–Crippen MR) is 90.7 cm³/mol. The second kappa shape index (κ2) is 4.76. The number of aromatic nitrogens is 6. The molecule has 1 aliphatic rings. The van der Waals surface area contributed by atoms with Crippen molar-refractivity contribution in [2.24, 2.45) is 0 Å². The second-order valence-corrected chi connectivity index (χ2v) is 5.63. The van der Waals surface area contributed by atoms with Crippen LogP contribution in [0.4, 0.5) is 11.5 Å². The van der Waals surface area contributed by atoms with E-state index >= 15 is 0 Å². The third-order valence-electron chi connectivity index (χ3n) is 4.16. The molecule has 1 aliphatic heterocycles. The average Bonchev–Trinajstić information content (AvgIpc) is 3.19. The quantitative estimate of drug-likeness (QED) is 0.441. The van der Waals surface area contributed by atoms with E-state index in [1.165, 1.54) is 0 Å². The molecule has 116 valence electrons. The third kappa shape index (κ3) is 1.78. The van der Waals surface area contributed by atoms with E-state index in [4.69, 9.17) is 4.98 Å². The molecule has 7 nitrogen and oxygen atoms in total. The van der Waals surface area contributed by atoms with E-state index in [0.717, 1.165) is 51.2 Å². The smallest absolute Gasteiger partial charge is 0.159 e. The van der Waals surface area contributed by atoms with Gasteiger partial charge in [-0.1, -0.05) is 0 Å². The molecule has 0 radical (unpaired) electrons. The fourth-order valence-electron chi connectivity index (χ4n) is 3.01. The molecule has 0 saturated carbocycles. The van der Waals surface area contributed by atoms with Gasteiger partial charge in [-0.3, -0.25) is 4.98 Å². The Labute approximate surface area is 137 Å². The highest BCUT2D eigenvalue weighted by atomic mass is 15.0. The minimum atomic E-state index is 0.734. The summed E-state index contributed by atoms with van der Waals surface area (Å²) in [7, 11) is 0. The molecular formula is C17H13N7. The number of fused-ring (bicyclic) bond motifs is 5. The van der Waals surface area contributed by atoms with Crippen molar-refractivity contribution in [3.63, 3.8) is 0 Å². The van der Waals surface area contributed by atoms with Gasteiger partial charge in [0.1, 0.15) is 17.2 Å². The Hall–Kier alpha value is -3.48. The van der Waals surface area contributed by atoms with Crippen molar-refractivity contribution in [3.8, 4) is 34.0 Å². The molecule has 0 aromatic carbocycles. The Kier molecular flexibility index (Phi) is 2.58. The van der Waals surface area contributed by atoms with E-state index in [9.17, 15) is 0 Å². The highest BCUT2D eigenvalue weighted by Gasteiger charge is 2.24. The normalized spacial score (nSPS) is 11.9. The molecule has 0 aliphatic carbocycles. The number of nitrogens with zero attached hydrogens (tertiary/aromatic N) is 4. The summed E-state index contributed by atoms with van der Waals surface area (Å²) < 4.78 is 0. The van der Waals surface area contributed by atoms with Crippen molar-refractivity contribution < 1.29 is 0 Å². The van der Waals surface area contributed by atoms with Gasteiger partial charge in [0.15, 0.2) is 5.82 Å². The number of anilines is 2. The first-order valence-corrected chi connectivity index (χ1v) is 7.58. The van der Waals surface area contributed by atoms with Crippen LogP contribution in [0.15, 0.2) is 43.1 Å². The molecule has 0 unspecified atom stereocenters. The lowest BCUT2D eigenvalue weighted by atomic mass is 10.1. The minimum absolute atomic E-state index is 0.734. The van der Waals surface area contributed by atoms with Gasteiger partial charge in [0.25, 0.3) is 0 Å². The molecule has 4 aromatic heterocycles. The van der Waals surface area contributed by atoms with E-state index in [1.807, 2.05) is 25.1 Å². The number of hydrogen-bond donors (Lipinski definition) is 3. The molecule has 0 spiro atoms. The first-order valence-electron chi connectivity index (χ1n) is 7.58. The fraction of sp³-hybridized carbons (Fsp3) is 0.0588. The Bertz CT molecular complexity index is 997. The van der Waals surface area contributed by atoms with Crippen molar-refractivity contribution in [1.29, 1.82) is 0 Å². The summed E-state index contributed by atoms with van der Waals surface area (Å²) in [5.41, 5.74) is 6.42. The first-order chi connectivity index (χ1) is 11.8. The van der Waals surface area contributed by atoms with Crippen LogP contribution < -0.4 is 5.32 Å². The Morgan fingerprint density at radius 3 is 2.83 bits per heavy atom. The highest BCUT2D eigenvalue weighted by molar-refractivity contribution is 5.95. The molecule has 5 heterocycles. The summed E-state index contributed by atoms with van der Waals surface area (Å²) >= 11 is 0. The molecule has 0 saturated heterocycles. The lowest BCUT2D eigenvalue weighted by Gasteiger charge is -2.07. The van der Waals surface area contributed by atoms with E-state index < -0.39 is 0 Å². The van der Waals surface area contributed by atoms with Gasteiger partial charge in [0.2, 0.25) is 0 Å². The van der Waals surface area contributed by atoms with E-state index in [1.54, 1.807) is 24.9 Å². The maximum Gasteiger partial charge on any atom is 0.159 e. The van der Waals surface area contributed by atoms with Crippen LogP contribution in [0.5, 0.6) is 0 Å². The summed E-state index contributed by atoms with van der Waals surface area (Å²) in [6, 6.07) is 5.88. The summed E-state index contributed by atoms with van der Waals surface area (Å²) in [6.07, 6.45) is 7.00. The molecule has 7 heteroatoms. The number of aryl methyl sites for hydroxylation is 1. The van der Waals surface area contributed by atoms with Crippen molar-refractivity contribution in [3.05, 3.63) is 48.8 Å². The average molecular weight is 315 g/mol. The van der Waals surface area contributed by atoms with Gasteiger partial charge in [-0.25, -0.2) is 15.0 Å². The summed E-state index contributed by atoms with van der Waals surface area (Å²) in [4.78, 5) is 24.4. The third-order valence-corrected chi connectivity index (χ3v) is 4.16. The number of nitrogens with one attached hydrogen (secondary N) is 3. The Balaban J connectivity index is 1.84. The molecule has 4 aromatic rings. The van der Waals surface area contributed by atoms with Gasteiger partial charge in [0.05, 0.1) is 23.9 Å². The summed E-state index contributed by atoms with van der Waals surface area (Å²) in [5.74, 6) is 1.50. The monoisotopic (exact) mass is 315 g/mol. The zero-order chi connectivity index (χ0) is 16.1. The number of H-pyrrole nitrogens is 2. The fourth-order valence-corrected chi connectivity index (χ4v) is 3.01. The van der Waals surface area contributed by atoms with Crippen LogP contribution in [0.3, 0.4) is 0 Å². The van der Waals surface area contributed by atoms with Crippen LogP contribution >= 0.6 is 0 Å². The van der Waals surface area contributed by atoms with Crippen molar-refractivity contribution in [1.82, 2.24) is 29.9 Å². The van der Waals surface area contributed by atoms with Crippen LogP contribution in [0.2, 0.25) is 0 Å². The second-order valence-electron chi connectivity index (χ2n) is 5.63. The topological polar surface area (TPSA) is 95.2 Å². The SMILES string of the molecule is Cc1[nH]cnc1-c1nc2c([nH]1)-c1ccncc1Nc1ncccc1-2. The van der Waals surface area contributed by atoms with E-state index in [0.29, 0.717) is 0 Å². The Morgan fingerprint density at radius 1 is 1.00 bits per heavy atom. The van der Waals surface area contributed by atoms with E-state index in [2.05, 4.69) is 30.2 Å². The number of hydrogen-bond acceptors (Lipinski definition) is 5. The van der Waals surface area contributed by atoms with Gasteiger partial charge >= 0.3 is 0 Å². The molecule has 0 bridgehead atoms. The molecule has 5 rings (SSSR count). The van der Waals surface area contributed by atoms with Crippen molar-refractivity contribution in [2.45, 2.75) is 6.92 Å². The standard InChI is InChI=1S/C17H13N7/c1-9-13(21-8-20-9)17-23-14-10-4-6-18-7-12(10)22-16-11(15(14)24-17)3-2-5-19-16/h2-8H,1H3,(H,19,22)(H,20,21)(H,23,24). The van der Waals surface area contributed by atoms with Crippen molar-refractivity contribution in [2.75, 3.05) is 5.32 Å². The molecule has 24 heavy (non-hydrogen) atoms. The molecule has 0 fully saturated rings. The predicted octanol–water partition coefficient (Wildman–Crippen LogP) is 3.29. The number of pyridine rings is 2. The van der Waals surface area contributed by atoms with Gasteiger partial charge in [-0.05, 0) is 25.1 Å². The van der Waals surface area contributed by atoms with Gasteiger partial charge < -0.3 is 15.3 Å². The highest BCUT2D eigenvalue weighted by Crippen LogP contribution is 2.42. The number of rotatable bonds is 1. The molecule has 0 amide bonds. The maximum atomic E-state index is 4.82. The summed E-state index contributed by atoms with van der Waals surface area (Å²) in [6.45, 7) is 1.98. The molecule has 3 N–H and O–H groups in total. The van der Waals surface area contributed by atoms with Crippen LogP contribution in [0.1, 0.15) is 5.69 Å². The minimum Gasteiger partial charge on any atom is -0.348 e. The molecule has 0 atom stereocenters. The maximum absolute atomic E-state index is 4.82. The van der Waals surface area contributed by atoms with Crippen LogP contribution in [0, 0.1) is 6.92 Å². The van der Waals surface area contributed by atoms with Crippen LogP contribution in [-0.2, 0) is 0 Å². The number of aromatic amines is 2. The van der Waals surface area contributed by atoms with Gasteiger partial charge in [0, 0.05) is 29.2 Å². The van der Waals surface area contributed by atoms with Crippen LogP contribution in [-0.4, -0.2) is 29.9 Å². The Morgan fingerprint density at radius 2 is 1.96 bits per heavy atom. The molecular weight excluding hydrogens is 302 g/mol. The van der Waals surface area contributed by atoms with Gasteiger partial charge in [-0.15, -0.1) is 0 Å².